The number of carbonyl (C=O) groups excluding carboxylic acids is 2. The molecule has 0 saturated heterocycles. The van der Waals surface area contributed by atoms with Crippen LogP contribution in [0.5, 0.6) is 5.88 Å². The number of aromatic nitrogens is 1. The minimum absolute atomic E-state index is 0.0822. The third-order valence-corrected chi connectivity index (χ3v) is 5.77. The minimum atomic E-state index is -0.741. The predicted octanol–water partition coefficient (Wildman–Crippen LogP) is 5.04. The summed E-state index contributed by atoms with van der Waals surface area (Å²) in [5, 5.41) is 29.1. The van der Waals surface area contributed by atoms with Crippen molar-refractivity contribution in [2.24, 2.45) is 16.1 Å². The summed E-state index contributed by atoms with van der Waals surface area (Å²) < 4.78 is 0.917. The summed E-state index contributed by atoms with van der Waals surface area (Å²) in [4.78, 5) is 39.8. The van der Waals surface area contributed by atoms with Gasteiger partial charge in [0.2, 0.25) is 5.88 Å². The van der Waals surface area contributed by atoms with Crippen molar-refractivity contribution in [2.75, 3.05) is 6.54 Å². The number of imide groups is 1. The molecule has 0 saturated carbocycles. The van der Waals surface area contributed by atoms with Crippen LogP contribution in [-0.2, 0) is 0 Å². The van der Waals surface area contributed by atoms with Crippen LogP contribution in [0.15, 0.2) is 57.5 Å². The Balaban J connectivity index is 1.86. The van der Waals surface area contributed by atoms with Crippen molar-refractivity contribution in [1.29, 1.82) is 5.26 Å². The third kappa shape index (κ3) is 4.09. The first kappa shape index (κ1) is 23.9. The zero-order chi connectivity index (χ0) is 25.4. The third-order valence-electron chi connectivity index (χ3n) is 5.53. The van der Waals surface area contributed by atoms with Crippen molar-refractivity contribution in [3.05, 3.63) is 80.1 Å². The molecule has 35 heavy (non-hydrogen) atoms. The van der Waals surface area contributed by atoms with Crippen molar-refractivity contribution in [3.8, 4) is 17.6 Å². The Bertz CT molecular complexity index is 1520. The van der Waals surface area contributed by atoms with Crippen LogP contribution in [0.3, 0.4) is 0 Å². The van der Waals surface area contributed by atoms with E-state index in [0.29, 0.717) is 5.02 Å². The van der Waals surface area contributed by atoms with Gasteiger partial charge in [-0.25, -0.2) is 4.57 Å². The summed E-state index contributed by atoms with van der Waals surface area (Å²) in [6.07, 6.45) is 0. The average molecular weight is 490 g/mol. The summed E-state index contributed by atoms with van der Waals surface area (Å²) >= 11 is 6.04. The van der Waals surface area contributed by atoms with E-state index in [1.54, 1.807) is 30.3 Å². The van der Waals surface area contributed by atoms with Gasteiger partial charge in [-0.3, -0.25) is 19.3 Å². The van der Waals surface area contributed by atoms with Gasteiger partial charge in [0.05, 0.1) is 22.5 Å². The molecule has 3 aromatic rings. The lowest BCUT2D eigenvalue weighted by Crippen LogP contribution is -2.33. The van der Waals surface area contributed by atoms with Crippen LogP contribution < -0.4 is 5.56 Å². The second-order valence-electron chi connectivity index (χ2n) is 8.42. The fraction of sp³-hybridized carbons (Fsp3) is 0.200. The number of nitriles is 1. The van der Waals surface area contributed by atoms with Gasteiger partial charge >= 0.3 is 0 Å². The normalized spacial score (nSPS) is 13.1. The maximum Gasteiger partial charge on any atom is 0.276 e. The topological polar surface area (TPSA) is 128 Å². The molecule has 10 heteroatoms. The molecular weight excluding hydrogens is 470 g/mol. The molecule has 1 N–H and O–H groups in total. The van der Waals surface area contributed by atoms with Crippen LogP contribution in [-0.4, -0.2) is 32.9 Å². The van der Waals surface area contributed by atoms with Crippen molar-refractivity contribution in [3.63, 3.8) is 0 Å². The van der Waals surface area contributed by atoms with Crippen molar-refractivity contribution in [1.82, 2.24) is 9.47 Å². The first-order chi connectivity index (χ1) is 16.6. The number of azo groups is 1. The number of benzene rings is 2. The molecule has 4 rings (SSSR count). The highest BCUT2D eigenvalue weighted by Gasteiger charge is 2.37. The molecule has 0 aliphatic carbocycles. The molecule has 2 heterocycles. The number of carbonyl (C=O) groups is 2. The summed E-state index contributed by atoms with van der Waals surface area (Å²) in [6.45, 7) is 5.53. The van der Waals surface area contributed by atoms with Crippen LogP contribution >= 0.6 is 11.6 Å². The standard InChI is InChI=1S/C25H20ClN5O4/c1-13(2)12-30-22(32)17-8-5-9-19(20(17)24(30)34)28-29-21-14(3)18(11-27)23(33)31(25(21)35)16-7-4-6-15(26)10-16/h4-10,13,35H,12H2,1-3H3. The van der Waals surface area contributed by atoms with Crippen LogP contribution in [0.2, 0.25) is 5.02 Å². The van der Waals surface area contributed by atoms with Gasteiger partial charge in [0.15, 0.2) is 5.69 Å². The first-order valence-electron chi connectivity index (χ1n) is 10.7. The van der Waals surface area contributed by atoms with Crippen molar-refractivity contribution in [2.45, 2.75) is 20.8 Å². The Labute approximate surface area is 205 Å². The van der Waals surface area contributed by atoms with Gasteiger partial charge < -0.3 is 5.11 Å². The SMILES string of the molecule is Cc1c(N=Nc2cccc3c2C(=O)N(CC(C)C)C3=O)c(O)n(-c2cccc(Cl)c2)c(=O)c1C#N. The Morgan fingerprint density at radius 1 is 1.09 bits per heavy atom. The first-order valence-corrected chi connectivity index (χ1v) is 11.1. The second kappa shape index (κ2) is 9.16. The molecule has 0 atom stereocenters. The Kier molecular flexibility index (Phi) is 6.24. The molecule has 1 aliphatic rings. The zero-order valence-corrected chi connectivity index (χ0v) is 19.9. The molecule has 0 bridgehead atoms. The summed E-state index contributed by atoms with van der Waals surface area (Å²) in [5.74, 6) is -1.35. The second-order valence-corrected chi connectivity index (χ2v) is 8.86. The van der Waals surface area contributed by atoms with Crippen LogP contribution in [0, 0.1) is 24.2 Å². The Morgan fingerprint density at radius 3 is 2.46 bits per heavy atom. The molecule has 0 spiro atoms. The Morgan fingerprint density at radius 2 is 1.80 bits per heavy atom. The van der Waals surface area contributed by atoms with E-state index in [-0.39, 0.29) is 51.8 Å². The molecule has 1 aromatic heterocycles. The summed E-state index contributed by atoms with van der Waals surface area (Å²) in [5.41, 5.74) is -0.289. The highest BCUT2D eigenvalue weighted by Crippen LogP contribution is 2.36. The van der Waals surface area contributed by atoms with Crippen molar-refractivity contribution >= 4 is 34.8 Å². The number of rotatable bonds is 5. The number of aromatic hydroxyl groups is 1. The number of nitrogens with zero attached hydrogens (tertiary/aromatic N) is 5. The fourth-order valence-electron chi connectivity index (χ4n) is 3.90. The monoisotopic (exact) mass is 489 g/mol. The van der Waals surface area contributed by atoms with Gasteiger partial charge in [0.25, 0.3) is 17.4 Å². The van der Waals surface area contributed by atoms with Crippen LogP contribution in [0.25, 0.3) is 5.69 Å². The van der Waals surface area contributed by atoms with E-state index in [4.69, 9.17) is 11.6 Å². The van der Waals surface area contributed by atoms with Gasteiger partial charge in [0.1, 0.15) is 11.6 Å². The zero-order valence-electron chi connectivity index (χ0n) is 19.1. The van der Waals surface area contributed by atoms with Gasteiger partial charge in [-0.05, 0) is 43.2 Å². The number of fused-ring (bicyclic) bond motifs is 1. The van der Waals surface area contributed by atoms with E-state index in [0.717, 1.165) is 4.57 Å². The minimum Gasteiger partial charge on any atom is -0.493 e. The highest BCUT2D eigenvalue weighted by atomic mass is 35.5. The quantitative estimate of drug-likeness (QED) is 0.396. The average Bonchev–Trinajstić information content (AvgIpc) is 3.04. The molecule has 176 valence electrons. The van der Waals surface area contributed by atoms with E-state index in [9.17, 15) is 24.8 Å². The van der Waals surface area contributed by atoms with Gasteiger partial charge in [-0.15, -0.1) is 10.2 Å². The predicted molar refractivity (Wildman–Crippen MR) is 129 cm³/mol. The van der Waals surface area contributed by atoms with E-state index >= 15 is 0 Å². The molecule has 1 aliphatic heterocycles. The van der Waals surface area contributed by atoms with E-state index in [1.165, 1.54) is 24.0 Å². The molecule has 0 fully saturated rings. The van der Waals surface area contributed by atoms with Gasteiger partial charge in [-0.1, -0.05) is 37.6 Å². The highest BCUT2D eigenvalue weighted by molar-refractivity contribution is 6.30. The smallest absolute Gasteiger partial charge is 0.276 e. The van der Waals surface area contributed by atoms with Crippen molar-refractivity contribution < 1.29 is 14.7 Å². The number of hydrogen-bond acceptors (Lipinski definition) is 7. The molecule has 0 radical (unpaired) electrons. The lowest BCUT2D eigenvalue weighted by Gasteiger charge is -2.15. The molecule has 2 amide bonds. The lowest BCUT2D eigenvalue weighted by atomic mass is 10.1. The lowest BCUT2D eigenvalue weighted by molar-refractivity contribution is 0.0636. The van der Waals surface area contributed by atoms with E-state index in [2.05, 4.69) is 10.2 Å². The summed E-state index contributed by atoms with van der Waals surface area (Å²) in [7, 11) is 0. The molecule has 2 aromatic carbocycles. The van der Waals surface area contributed by atoms with E-state index in [1.807, 2.05) is 19.9 Å². The number of hydrogen-bond donors (Lipinski definition) is 1. The Hall–Kier alpha value is -4.29. The molecule has 0 unspecified atom stereocenters. The largest absolute Gasteiger partial charge is 0.493 e. The fourth-order valence-corrected chi connectivity index (χ4v) is 4.08. The molecule has 9 nitrogen and oxygen atoms in total. The maximum absolute atomic E-state index is 13.0. The molecular formula is C25H20ClN5O4. The van der Waals surface area contributed by atoms with Crippen LogP contribution in [0.4, 0.5) is 11.4 Å². The van der Waals surface area contributed by atoms with Gasteiger partial charge in [0, 0.05) is 17.1 Å². The number of amides is 2. The van der Waals surface area contributed by atoms with Crippen LogP contribution in [0.1, 0.15) is 45.7 Å². The number of pyridine rings is 1. The van der Waals surface area contributed by atoms with Gasteiger partial charge in [-0.2, -0.15) is 5.26 Å². The summed E-state index contributed by atoms with van der Waals surface area (Å²) in [6, 6.07) is 12.7. The van der Waals surface area contributed by atoms with E-state index < -0.39 is 23.3 Å². The maximum atomic E-state index is 13.0. The number of halogens is 1.